The van der Waals surface area contributed by atoms with Crippen LogP contribution in [0.1, 0.15) is 33.1 Å². The summed E-state index contributed by atoms with van der Waals surface area (Å²) in [7, 11) is 0. The summed E-state index contributed by atoms with van der Waals surface area (Å²) in [5.74, 6) is 0.525. The molecule has 2 unspecified atom stereocenters. The molecule has 14 heavy (non-hydrogen) atoms. The first-order valence-electron chi connectivity index (χ1n) is 5.60. The maximum Gasteiger partial charge on any atom is 0.0473 e. The Morgan fingerprint density at radius 1 is 1.50 bits per heavy atom. The Morgan fingerprint density at radius 3 is 2.93 bits per heavy atom. The fraction of sp³-hybridized carbons (Fsp3) is 0.538. The molecule has 2 aliphatic carbocycles. The lowest BCUT2D eigenvalue weighted by Gasteiger charge is -2.32. The molecule has 0 aromatic carbocycles. The molecule has 0 radical (unpaired) electrons. The Labute approximate surface area is 86.4 Å². The predicted molar refractivity (Wildman–Crippen MR) is 60.9 cm³/mol. The van der Waals surface area contributed by atoms with Crippen molar-refractivity contribution in [1.29, 1.82) is 0 Å². The summed E-state index contributed by atoms with van der Waals surface area (Å²) in [6, 6.07) is 0. The van der Waals surface area contributed by atoms with E-state index in [2.05, 4.69) is 38.2 Å². The van der Waals surface area contributed by atoms with Gasteiger partial charge in [0.2, 0.25) is 0 Å². The Morgan fingerprint density at radius 2 is 2.29 bits per heavy atom. The summed E-state index contributed by atoms with van der Waals surface area (Å²) in [5, 5.41) is 0. The van der Waals surface area contributed by atoms with Gasteiger partial charge in [-0.25, -0.2) is 0 Å². The van der Waals surface area contributed by atoms with Gasteiger partial charge in [-0.3, -0.25) is 0 Å². The van der Waals surface area contributed by atoms with Gasteiger partial charge >= 0.3 is 0 Å². The smallest absolute Gasteiger partial charge is 0.0473 e. The molecule has 0 aromatic heterocycles. The summed E-state index contributed by atoms with van der Waals surface area (Å²) in [4.78, 5) is 0. The maximum atomic E-state index is 6.51. The van der Waals surface area contributed by atoms with Crippen LogP contribution in [0, 0.1) is 5.92 Å². The molecule has 0 heterocycles. The van der Waals surface area contributed by atoms with Crippen LogP contribution in [0.5, 0.6) is 0 Å². The van der Waals surface area contributed by atoms with Crippen molar-refractivity contribution in [3.8, 4) is 0 Å². The van der Waals surface area contributed by atoms with E-state index in [0.717, 1.165) is 19.3 Å². The van der Waals surface area contributed by atoms with E-state index in [4.69, 9.17) is 5.73 Å². The zero-order valence-electron chi connectivity index (χ0n) is 9.09. The van der Waals surface area contributed by atoms with Crippen LogP contribution in [0.2, 0.25) is 0 Å². The third kappa shape index (κ3) is 1.19. The Bertz CT molecular complexity index is 322. The first-order chi connectivity index (χ1) is 6.72. The number of allylic oxidation sites excluding steroid dienone is 3. The zero-order chi connectivity index (χ0) is 10.2. The van der Waals surface area contributed by atoms with Crippen LogP contribution in [0.4, 0.5) is 0 Å². The first-order valence-corrected chi connectivity index (χ1v) is 5.60. The largest absolute Gasteiger partial charge is 0.321 e. The molecule has 2 rings (SSSR count). The zero-order valence-corrected chi connectivity index (χ0v) is 9.09. The fourth-order valence-electron chi connectivity index (χ4n) is 2.69. The van der Waals surface area contributed by atoms with E-state index < -0.39 is 0 Å². The monoisotopic (exact) mass is 189 g/mol. The fourth-order valence-corrected chi connectivity index (χ4v) is 2.69. The van der Waals surface area contributed by atoms with Crippen LogP contribution >= 0.6 is 0 Å². The van der Waals surface area contributed by atoms with E-state index in [0.29, 0.717) is 5.92 Å². The molecule has 1 heteroatoms. The molecule has 0 fully saturated rings. The second kappa shape index (κ2) is 3.39. The highest BCUT2D eigenvalue weighted by molar-refractivity contribution is 5.55. The van der Waals surface area contributed by atoms with E-state index in [1.54, 1.807) is 0 Å². The predicted octanol–water partition coefficient (Wildman–Crippen LogP) is 2.95. The van der Waals surface area contributed by atoms with Crippen molar-refractivity contribution in [3.63, 3.8) is 0 Å². The first kappa shape index (κ1) is 9.72. The summed E-state index contributed by atoms with van der Waals surface area (Å²) < 4.78 is 0. The van der Waals surface area contributed by atoms with Crippen LogP contribution in [-0.4, -0.2) is 5.54 Å². The van der Waals surface area contributed by atoms with E-state index >= 15 is 0 Å². The lowest BCUT2D eigenvalue weighted by atomic mass is 9.78. The number of hydrogen-bond acceptors (Lipinski definition) is 1. The van der Waals surface area contributed by atoms with Gasteiger partial charge in [-0.05, 0) is 36.3 Å². The highest BCUT2D eigenvalue weighted by Gasteiger charge is 2.40. The molecule has 0 aromatic rings. The van der Waals surface area contributed by atoms with Gasteiger partial charge in [-0.1, -0.05) is 38.2 Å². The molecule has 76 valence electrons. The highest BCUT2D eigenvalue weighted by atomic mass is 14.8. The van der Waals surface area contributed by atoms with Gasteiger partial charge in [0.1, 0.15) is 0 Å². The second-order valence-electron chi connectivity index (χ2n) is 4.29. The van der Waals surface area contributed by atoms with E-state index in [9.17, 15) is 0 Å². The standard InChI is InChI=1S/C13H19N/c1-3-11-9-10-7-5-6-8-12(10)13(11,14)4-2/h5,7-9,11H,3-4,6,14H2,1-2H3. The van der Waals surface area contributed by atoms with Gasteiger partial charge in [0.05, 0.1) is 0 Å². The van der Waals surface area contributed by atoms with Crippen LogP contribution in [0.25, 0.3) is 0 Å². The SMILES string of the molecule is CCC1C=C2C=CCC=C2C1(N)CC. The van der Waals surface area contributed by atoms with Crippen molar-refractivity contribution >= 4 is 0 Å². The number of rotatable bonds is 2. The normalized spacial score (nSPS) is 35.2. The minimum Gasteiger partial charge on any atom is -0.321 e. The van der Waals surface area contributed by atoms with Crippen molar-refractivity contribution < 1.29 is 0 Å². The van der Waals surface area contributed by atoms with Crippen LogP contribution in [0.3, 0.4) is 0 Å². The molecule has 2 aliphatic rings. The number of nitrogens with two attached hydrogens (primary N) is 1. The van der Waals surface area contributed by atoms with Gasteiger partial charge in [-0.15, -0.1) is 0 Å². The lowest BCUT2D eigenvalue weighted by molar-refractivity contribution is 0.374. The summed E-state index contributed by atoms with van der Waals surface area (Å²) in [5.41, 5.74) is 9.18. The van der Waals surface area contributed by atoms with Gasteiger partial charge in [0.15, 0.2) is 0 Å². The second-order valence-corrected chi connectivity index (χ2v) is 4.29. The summed E-state index contributed by atoms with van der Waals surface area (Å²) >= 11 is 0. The van der Waals surface area contributed by atoms with Crippen LogP contribution in [0.15, 0.2) is 35.5 Å². The molecule has 0 bridgehead atoms. The van der Waals surface area contributed by atoms with Crippen LogP contribution < -0.4 is 5.73 Å². The Balaban J connectivity index is 2.41. The minimum absolute atomic E-state index is 0.0884. The van der Waals surface area contributed by atoms with Crippen LogP contribution in [-0.2, 0) is 0 Å². The molecule has 2 atom stereocenters. The highest BCUT2D eigenvalue weighted by Crippen LogP contribution is 2.43. The average molecular weight is 189 g/mol. The molecule has 2 N–H and O–H groups in total. The number of hydrogen-bond donors (Lipinski definition) is 1. The summed E-state index contributed by atoms with van der Waals surface area (Å²) in [6.45, 7) is 4.42. The van der Waals surface area contributed by atoms with E-state index in [-0.39, 0.29) is 5.54 Å². The molecule has 0 saturated carbocycles. The quantitative estimate of drug-likeness (QED) is 0.710. The van der Waals surface area contributed by atoms with Gasteiger partial charge in [-0.2, -0.15) is 0 Å². The molecule has 0 spiro atoms. The molecular weight excluding hydrogens is 170 g/mol. The molecular formula is C13H19N. The third-order valence-electron chi connectivity index (χ3n) is 3.64. The van der Waals surface area contributed by atoms with Crippen molar-refractivity contribution in [2.24, 2.45) is 11.7 Å². The van der Waals surface area contributed by atoms with Gasteiger partial charge < -0.3 is 5.73 Å². The molecule has 0 saturated heterocycles. The van der Waals surface area contributed by atoms with Gasteiger partial charge in [0.25, 0.3) is 0 Å². The van der Waals surface area contributed by atoms with Crippen molar-refractivity contribution in [2.75, 3.05) is 0 Å². The molecule has 1 nitrogen and oxygen atoms in total. The van der Waals surface area contributed by atoms with Crippen molar-refractivity contribution in [1.82, 2.24) is 0 Å². The summed E-state index contributed by atoms with van der Waals surface area (Å²) in [6.07, 6.45) is 12.3. The number of fused-ring (bicyclic) bond motifs is 1. The molecule has 0 aliphatic heterocycles. The van der Waals surface area contributed by atoms with Crippen molar-refractivity contribution in [3.05, 3.63) is 35.5 Å². The molecule has 0 amide bonds. The topological polar surface area (TPSA) is 26.0 Å². The van der Waals surface area contributed by atoms with Gasteiger partial charge in [0, 0.05) is 5.54 Å². The Hall–Kier alpha value is -0.820. The third-order valence-corrected chi connectivity index (χ3v) is 3.64. The Kier molecular flexibility index (Phi) is 2.36. The maximum absolute atomic E-state index is 6.51. The average Bonchev–Trinajstić information content (AvgIpc) is 2.53. The van der Waals surface area contributed by atoms with Crippen molar-refractivity contribution in [2.45, 2.75) is 38.6 Å². The van der Waals surface area contributed by atoms with E-state index in [1.165, 1.54) is 11.1 Å². The van der Waals surface area contributed by atoms with E-state index in [1.807, 2.05) is 0 Å². The lowest BCUT2D eigenvalue weighted by Crippen LogP contribution is -2.45. The minimum atomic E-state index is -0.0884.